The number of carbonyl (C=O) groups is 3. The Balaban J connectivity index is 1.20. The molecule has 1 unspecified atom stereocenters. The van der Waals surface area contributed by atoms with Crippen molar-refractivity contribution in [2.75, 3.05) is 5.32 Å². The number of nitrogens with zero attached hydrogens (tertiary/aromatic N) is 1. The predicted molar refractivity (Wildman–Crippen MR) is 138 cm³/mol. The molecule has 1 aliphatic carbocycles. The third-order valence-electron chi connectivity index (χ3n) is 7.36. The highest BCUT2D eigenvalue weighted by molar-refractivity contribution is 7.98. The van der Waals surface area contributed by atoms with Crippen LogP contribution in [0.1, 0.15) is 79.3 Å². The zero-order valence-corrected chi connectivity index (χ0v) is 20.9. The van der Waals surface area contributed by atoms with Crippen LogP contribution < -0.4 is 10.6 Å². The standard InChI is InChI=1S/C28H33N3O3S/c32-26-16-15-24(27(33)30-26)31-17-23-22(28(31)34)9-6-10-25(23)35-18-19-11-13-21(14-12-19)29-20-7-4-2-1-3-5-8-20/h6,9-14,20,24,29H,1-5,7-8,15-18H2,(H,30,32,33). The molecule has 2 aromatic carbocycles. The highest BCUT2D eigenvalue weighted by Gasteiger charge is 2.39. The molecule has 0 spiro atoms. The summed E-state index contributed by atoms with van der Waals surface area (Å²) in [6.07, 6.45) is 9.89. The lowest BCUT2D eigenvalue weighted by atomic mass is 9.96. The molecule has 0 radical (unpaired) electrons. The zero-order valence-electron chi connectivity index (χ0n) is 20.1. The smallest absolute Gasteiger partial charge is 0.255 e. The molecule has 7 heteroatoms. The number of amides is 3. The molecule has 1 saturated carbocycles. The summed E-state index contributed by atoms with van der Waals surface area (Å²) in [6, 6.07) is 14.5. The van der Waals surface area contributed by atoms with Gasteiger partial charge in [0.2, 0.25) is 11.8 Å². The number of hydrogen-bond donors (Lipinski definition) is 2. The number of hydrogen-bond acceptors (Lipinski definition) is 5. The third kappa shape index (κ3) is 5.56. The van der Waals surface area contributed by atoms with Crippen LogP contribution in [0.15, 0.2) is 47.4 Å². The van der Waals surface area contributed by atoms with Gasteiger partial charge in [0.1, 0.15) is 6.04 Å². The zero-order chi connectivity index (χ0) is 24.2. The number of fused-ring (bicyclic) bond motifs is 1. The Morgan fingerprint density at radius 1 is 0.914 bits per heavy atom. The predicted octanol–water partition coefficient (Wildman–Crippen LogP) is 5.26. The van der Waals surface area contributed by atoms with E-state index < -0.39 is 6.04 Å². The van der Waals surface area contributed by atoms with Gasteiger partial charge in [-0.15, -0.1) is 11.8 Å². The van der Waals surface area contributed by atoms with Crippen molar-refractivity contribution in [1.29, 1.82) is 0 Å². The molecule has 2 fully saturated rings. The van der Waals surface area contributed by atoms with Crippen LogP contribution >= 0.6 is 11.8 Å². The second-order valence-corrected chi connectivity index (χ2v) is 10.9. The van der Waals surface area contributed by atoms with Gasteiger partial charge >= 0.3 is 0 Å². The van der Waals surface area contributed by atoms with Crippen LogP contribution in [0.5, 0.6) is 0 Å². The molecule has 0 aromatic heterocycles. The maximum Gasteiger partial charge on any atom is 0.255 e. The van der Waals surface area contributed by atoms with E-state index in [2.05, 4.69) is 41.0 Å². The monoisotopic (exact) mass is 491 g/mol. The quantitative estimate of drug-likeness (QED) is 0.425. The first-order valence-corrected chi connectivity index (χ1v) is 13.8. The fraction of sp³-hybridized carbons (Fsp3) is 0.464. The SMILES string of the molecule is O=C1CCC(N2Cc3c(SCc4ccc(NC5CCCCCCC5)cc4)cccc3C2=O)C(=O)N1. The fourth-order valence-electron chi connectivity index (χ4n) is 5.39. The largest absolute Gasteiger partial charge is 0.382 e. The molecule has 2 aliphatic heterocycles. The third-order valence-corrected chi connectivity index (χ3v) is 8.53. The van der Waals surface area contributed by atoms with Crippen molar-refractivity contribution in [2.45, 2.75) is 87.1 Å². The van der Waals surface area contributed by atoms with Crippen LogP contribution in [0.3, 0.4) is 0 Å². The Hall–Kier alpha value is -2.80. The Morgan fingerprint density at radius 3 is 2.40 bits per heavy atom. The average molecular weight is 492 g/mol. The molecule has 184 valence electrons. The Labute approximate surface area is 211 Å². The number of imide groups is 1. The number of piperidine rings is 1. The van der Waals surface area contributed by atoms with Gasteiger partial charge in [-0.3, -0.25) is 19.7 Å². The summed E-state index contributed by atoms with van der Waals surface area (Å²) in [5.41, 5.74) is 4.07. The van der Waals surface area contributed by atoms with Crippen molar-refractivity contribution in [3.8, 4) is 0 Å². The van der Waals surface area contributed by atoms with Crippen molar-refractivity contribution in [3.63, 3.8) is 0 Å². The fourth-order valence-corrected chi connectivity index (χ4v) is 6.43. The molecular formula is C28H33N3O3S. The van der Waals surface area contributed by atoms with Crippen molar-refractivity contribution in [3.05, 3.63) is 59.2 Å². The van der Waals surface area contributed by atoms with Crippen molar-refractivity contribution in [2.24, 2.45) is 0 Å². The van der Waals surface area contributed by atoms with E-state index in [-0.39, 0.29) is 24.1 Å². The molecule has 2 aromatic rings. The first-order chi connectivity index (χ1) is 17.1. The molecule has 2 N–H and O–H groups in total. The summed E-state index contributed by atoms with van der Waals surface area (Å²) >= 11 is 1.72. The van der Waals surface area contributed by atoms with E-state index in [1.54, 1.807) is 16.7 Å². The van der Waals surface area contributed by atoms with Gasteiger partial charge in [-0.2, -0.15) is 0 Å². The van der Waals surface area contributed by atoms with Crippen molar-refractivity contribution in [1.82, 2.24) is 10.2 Å². The second-order valence-electron chi connectivity index (χ2n) is 9.85. The number of carbonyl (C=O) groups excluding carboxylic acids is 3. The molecule has 1 saturated heterocycles. The van der Waals surface area contributed by atoms with Gasteiger partial charge in [-0.05, 0) is 54.7 Å². The number of nitrogens with one attached hydrogen (secondary N) is 2. The van der Waals surface area contributed by atoms with Gasteiger partial charge in [0.05, 0.1) is 0 Å². The summed E-state index contributed by atoms with van der Waals surface area (Å²) in [4.78, 5) is 39.6. The molecule has 1 atom stereocenters. The van der Waals surface area contributed by atoms with Crippen molar-refractivity contribution >= 4 is 35.2 Å². The summed E-state index contributed by atoms with van der Waals surface area (Å²) in [5, 5.41) is 6.10. The van der Waals surface area contributed by atoms with Crippen LogP contribution in [0.25, 0.3) is 0 Å². The van der Waals surface area contributed by atoms with Gasteiger partial charge in [0.25, 0.3) is 5.91 Å². The van der Waals surface area contributed by atoms with Gasteiger partial charge < -0.3 is 10.2 Å². The summed E-state index contributed by atoms with van der Waals surface area (Å²) < 4.78 is 0. The first-order valence-electron chi connectivity index (χ1n) is 12.8. The van der Waals surface area contributed by atoms with E-state index in [4.69, 9.17) is 0 Å². The molecule has 6 nitrogen and oxygen atoms in total. The minimum Gasteiger partial charge on any atom is -0.382 e. The van der Waals surface area contributed by atoms with E-state index >= 15 is 0 Å². The van der Waals surface area contributed by atoms with Crippen LogP contribution in [-0.4, -0.2) is 34.7 Å². The molecule has 2 heterocycles. The van der Waals surface area contributed by atoms with Crippen LogP contribution in [0.2, 0.25) is 0 Å². The average Bonchev–Trinajstić information content (AvgIpc) is 3.17. The van der Waals surface area contributed by atoms with E-state index in [9.17, 15) is 14.4 Å². The van der Waals surface area contributed by atoms with Gasteiger partial charge in [0, 0.05) is 40.9 Å². The molecule has 3 aliphatic rings. The molecule has 35 heavy (non-hydrogen) atoms. The number of benzene rings is 2. The van der Waals surface area contributed by atoms with Gasteiger partial charge in [0.15, 0.2) is 0 Å². The second kappa shape index (κ2) is 10.9. The normalized spacial score (nSPS) is 21.3. The van der Waals surface area contributed by atoms with Crippen molar-refractivity contribution < 1.29 is 14.4 Å². The molecule has 3 amide bonds. The lowest BCUT2D eigenvalue weighted by molar-refractivity contribution is -0.136. The van der Waals surface area contributed by atoms with Gasteiger partial charge in [-0.25, -0.2) is 0 Å². The number of anilines is 1. The number of rotatable bonds is 6. The van der Waals surface area contributed by atoms with E-state index in [1.807, 2.05) is 12.1 Å². The highest BCUT2D eigenvalue weighted by atomic mass is 32.2. The van der Waals surface area contributed by atoms with Crippen LogP contribution in [0.4, 0.5) is 5.69 Å². The lowest BCUT2D eigenvalue weighted by Gasteiger charge is -2.29. The maximum atomic E-state index is 13.0. The Bertz CT molecular complexity index is 1090. The van der Waals surface area contributed by atoms with Crippen LogP contribution in [-0.2, 0) is 21.9 Å². The topological polar surface area (TPSA) is 78.5 Å². The molecular weight excluding hydrogens is 458 g/mol. The van der Waals surface area contributed by atoms with E-state index in [1.165, 1.54) is 56.2 Å². The minimum atomic E-state index is -0.580. The lowest BCUT2D eigenvalue weighted by Crippen LogP contribution is -2.52. The maximum absolute atomic E-state index is 13.0. The van der Waals surface area contributed by atoms with Crippen LogP contribution in [0, 0.1) is 0 Å². The highest BCUT2D eigenvalue weighted by Crippen LogP contribution is 2.35. The molecule has 0 bridgehead atoms. The first kappa shape index (κ1) is 23.9. The van der Waals surface area contributed by atoms with E-state index in [0.29, 0.717) is 24.6 Å². The summed E-state index contributed by atoms with van der Waals surface area (Å²) in [5.74, 6) is 0.0520. The number of thioether (sulfide) groups is 1. The van der Waals surface area contributed by atoms with E-state index in [0.717, 1.165) is 16.2 Å². The Kier molecular flexibility index (Phi) is 7.42. The Morgan fingerprint density at radius 2 is 1.66 bits per heavy atom. The minimum absolute atomic E-state index is 0.124. The molecule has 5 rings (SSSR count). The van der Waals surface area contributed by atoms with Gasteiger partial charge in [-0.1, -0.05) is 50.3 Å². The summed E-state index contributed by atoms with van der Waals surface area (Å²) in [6.45, 7) is 0.411. The summed E-state index contributed by atoms with van der Waals surface area (Å²) in [7, 11) is 0.